The van der Waals surface area contributed by atoms with E-state index in [1.165, 1.54) is 0 Å². The highest BCUT2D eigenvalue weighted by Crippen LogP contribution is 2.23. The third-order valence-electron chi connectivity index (χ3n) is 3.81. The van der Waals surface area contributed by atoms with Crippen LogP contribution in [0, 0.1) is 17.7 Å². The molecule has 108 valence electrons. The average molecular weight is 286 g/mol. The Hall–Kier alpha value is -0.600. The predicted octanol–water partition coefficient (Wildman–Crippen LogP) is 4.68. The highest BCUT2D eigenvalue weighted by Gasteiger charge is 2.21. The molecule has 1 nitrogen and oxygen atoms in total. The van der Waals surface area contributed by atoms with Crippen molar-refractivity contribution in [3.8, 4) is 0 Å². The van der Waals surface area contributed by atoms with Crippen LogP contribution >= 0.6 is 11.6 Å². The van der Waals surface area contributed by atoms with Crippen LogP contribution in [-0.2, 0) is 6.42 Å². The van der Waals surface area contributed by atoms with Gasteiger partial charge in [-0.1, -0.05) is 51.4 Å². The van der Waals surface area contributed by atoms with Crippen LogP contribution < -0.4 is 5.32 Å². The number of hydrogen-bond acceptors (Lipinski definition) is 1. The number of benzene rings is 1. The average Bonchev–Trinajstić information content (AvgIpc) is 2.38. The summed E-state index contributed by atoms with van der Waals surface area (Å²) in [6, 6.07) is 5.53. The highest BCUT2D eigenvalue weighted by molar-refractivity contribution is 6.30. The van der Waals surface area contributed by atoms with E-state index in [0.29, 0.717) is 23.8 Å². The van der Waals surface area contributed by atoms with Crippen LogP contribution in [0.5, 0.6) is 0 Å². The molecule has 3 heteroatoms. The molecule has 0 fully saturated rings. The number of hydrogen-bond donors (Lipinski definition) is 1. The molecule has 0 saturated heterocycles. The van der Waals surface area contributed by atoms with Crippen molar-refractivity contribution in [2.45, 2.75) is 46.6 Å². The fraction of sp³-hybridized carbons (Fsp3) is 0.625. The molecule has 1 aromatic carbocycles. The minimum Gasteiger partial charge on any atom is -0.313 e. The molecule has 0 aliphatic rings. The van der Waals surface area contributed by atoms with Crippen molar-refractivity contribution in [3.63, 3.8) is 0 Å². The van der Waals surface area contributed by atoms with Crippen LogP contribution in [0.2, 0.25) is 5.02 Å². The Balaban J connectivity index is 2.84. The second kappa shape index (κ2) is 7.86. The van der Waals surface area contributed by atoms with E-state index in [9.17, 15) is 4.39 Å². The molecule has 0 amide bonds. The Labute approximate surface area is 121 Å². The van der Waals surface area contributed by atoms with Gasteiger partial charge >= 0.3 is 0 Å². The molecule has 0 radical (unpaired) electrons. The number of halogens is 2. The highest BCUT2D eigenvalue weighted by atomic mass is 35.5. The van der Waals surface area contributed by atoms with E-state index >= 15 is 0 Å². The van der Waals surface area contributed by atoms with E-state index < -0.39 is 0 Å². The zero-order valence-electron chi connectivity index (χ0n) is 12.3. The summed E-state index contributed by atoms with van der Waals surface area (Å²) in [5.41, 5.74) is 0.702. The van der Waals surface area contributed by atoms with Crippen molar-refractivity contribution in [3.05, 3.63) is 34.6 Å². The summed E-state index contributed by atoms with van der Waals surface area (Å²) in [6.45, 7) is 9.74. The summed E-state index contributed by atoms with van der Waals surface area (Å²) >= 11 is 5.85. The van der Waals surface area contributed by atoms with Crippen molar-refractivity contribution < 1.29 is 4.39 Å². The quantitative estimate of drug-likeness (QED) is 0.767. The van der Waals surface area contributed by atoms with Gasteiger partial charge in [0.2, 0.25) is 0 Å². The Kier molecular flexibility index (Phi) is 6.81. The van der Waals surface area contributed by atoms with Crippen molar-refractivity contribution in [2.24, 2.45) is 11.8 Å². The van der Waals surface area contributed by atoms with Crippen LogP contribution in [-0.4, -0.2) is 12.6 Å². The van der Waals surface area contributed by atoms with Gasteiger partial charge in [0, 0.05) is 6.04 Å². The van der Waals surface area contributed by atoms with Gasteiger partial charge in [-0.05, 0) is 42.9 Å². The Morgan fingerprint density at radius 1 is 1.26 bits per heavy atom. The molecule has 0 bridgehead atoms. The molecule has 0 heterocycles. The maximum absolute atomic E-state index is 14.0. The summed E-state index contributed by atoms with van der Waals surface area (Å²) < 4.78 is 14.0. The van der Waals surface area contributed by atoms with Gasteiger partial charge in [-0.15, -0.1) is 0 Å². The van der Waals surface area contributed by atoms with E-state index in [4.69, 9.17) is 11.6 Å². The van der Waals surface area contributed by atoms with Gasteiger partial charge in [0.1, 0.15) is 5.82 Å². The molecule has 1 rings (SSSR count). The predicted molar refractivity (Wildman–Crippen MR) is 81.2 cm³/mol. The summed E-state index contributed by atoms with van der Waals surface area (Å²) in [7, 11) is 0. The number of nitrogens with one attached hydrogen (secondary N) is 1. The maximum atomic E-state index is 14.0. The molecule has 0 spiro atoms. The van der Waals surface area contributed by atoms with Gasteiger partial charge in [0.25, 0.3) is 0 Å². The Bertz CT molecular complexity index is 392. The van der Waals surface area contributed by atoms with Crippen LogP contribution in [0.15, 0.2) is 18.2 Å². The van der Waals surface area contributed by atoms with Gasteiger partial charge in [-0.3, -0.25) is 0 Å². The van der Waals surface area contributed by atoms with Crippen molar-refractivity contribution in [1.29, 1.82) is 0 Å². The van der Waals surface area contributed by atoms with Crippen molar-refractivity contribution in [2.75, 3.05) is 6.54 Å². The first-order valence-corrected chi connectivity index (χ1v) is 7.51. The first-order valence-electron chi connectivity index (χ1n) is 7.13. The van der Waals surface area contributed by atoms with E-state index in [2.05, 4.69) is 33.0 Å². The first-order chi connectivity index (χ1) is 8.97. The van der Waals surface area contributed by atoms with Crippen molar-refractivity contribution >= 4 is 11.6 Å². The molecular weight excluding hydrogens is 261 g/mol. The van der Waals surface area contributed by atoms with E-state index in [1.54, 1.807) is 6.07 Å². The third kappa shape index (κ3) is 4.77. The lowest BCUT2D eigenvalue weighted by molar-refractivity contribution is 0.295. The molecule has 0 aliphatic heterocycles. The molecule has 0 saturated carbocycles. The Morgan fingerprint density at radius 3 is 2.53 bits per heavy atom. The summed E-state index contributed by atoms with van der Waals surface area (Å²) in [5, 5.41) is 3.75. The van der Waals surface area contributed by atoms with Crippen molar-refractivity contribution in [1.82, 2.24) is 5.32 Å². The largest absolute Gasteiger partial charge is 0.313 e. The molecule has 1 aromatic rings. The first kappa shape index (κ1) is 16.5. The molecule has 2 unspecified atom stereocenters. The van der Waals surface area contributed by atoms with Gasteiger partial charge in [-0.25, -0.2) is 4.39 Å². The van der Waals surface area contributed by atoms with E-state index in [-0.39, 0.29) is 16.9 Å². The lowest BCUT2D eigenvalue weighted by Gasteiger charge is -2.28. The van der Waals surface area contributed by atoms with Crippen LogP contribution in [0.25, 0.3) is 0 Å². The minimum absolute atomic E-state index is 0.212. The van der Waals surface area contributed by atoms with Gasteiger partial charge in [0.15, 0.2) is 0 Å². The zero-order valence-corrected chi connectivity index (χ0v) is 13.1. The molecule has 19 heavy (non-hydrogen) atoms. The standard InChI is InChI=1S/C16H25ClFN/c1-5-9-19-15(12(4)11(2)3)10-13-7-6-8-14(17)16(13)18/h6-8,11-12,15,19H,5,9-10H2,1-4H3. The fourth-order valence-electron chi connectivity index (χ4n) is 2.18. The SMILES string of the molecule is CCCNC(Cc1cccc(Cl)c1F)C(C)C(C)C. The molecule has 1 N–H and O–H groups in total. The minimum atomic E-state index is -0.275. The van der Waals surface area contributed by atoms with Crippen LogP contribution in [0.1, 0.15) is 39.7 Å². The maximum Gasteiger partial charge on any atom is 0.145 e. The normalized spacial score (nSPS) is 14.7. The monoisotopic (exact) mass is 285 g/mol. The van der Waals surface area contributed by atoms with Gasteiger partial charge in [-0.2, -0.15) is 0 Å². The van der Waals surface area contributed by atoms with Crippen LogP contribution in [0.4, 0.5) is 4.39 Å². The second-order valence-electron chi connectivity index (χ2n) is 5.58. The fourth-order valence-corrected chi connectivity index (χ4v) is 2.38. The zero-order chi connectivity index (χ0) is 14.4. The number of rotatable bonds is 7. The topological polar surface area (TPSA) is 12.0 Å². The lowest BCUT2D eigenvalue weighted by atomic mass is 9.86. The summed E-state index contributed by atoms with van der Waals surface area (Å²) in [5.74, 6) is 0.782. The lowest BCUT2D eigenvalue weighted by Crippen LogP contribution is -2.39. The van der Waals surface area contributed by atoms with E-state index in [0.717, 1.165) is 13.0 Å². The van der Waals surface area contributed by atoms with Gasteiger partial charge < -0.3 is 5.32 Å². The van der Waals surface area contributed by atoms with E-state index in [1.807, 2.05) is 12.1 Å². The molecule has 0 aromatic heterocycles. The third-order valence-corrected chi connectivity index (χ3v) is 4.11. The molecular formula is C16H25ClFN. The molecule has 2 atom stereocenters. The summed E-state index contributed by atoms with van der Waals surface area (Å²) in [6.07, 6.45) is 1.77. The van der Waals surface area contributed by atoms with Crippen LogP contribution in [0.3, 0.4) is 0 Å². The Morgan fingerprint density at radius 2 is 1.95 bits per heavy atom. The second-order valence-corrected chi connectivity index (χ2v) is 5.99. The van der Waals surface area contributed by atoms with Gasteiger partial charge in [0.05, 0.1) is 5.02 Å². The smallest absolute Gasteiger partial charge is 0.145 e. The molecule has 0 aliphatic carbocycles. The summed E-state index contributed by atoms with van der Waals surface area (Å²) in [4.78, 5) is 0.